The van der Waals surface area contributed by atoms with Crippen LogP contribution in [-0.4, -0.2) is 39.6 Å². The number of nitro groups is 1. The van der Waals surface area contributed by atoms with Crippen LogP contribution in [-0.2, 0) is 22.7 Å². The predicted octanol–water partition coefficient (Wildman–Crippen LogP) is 5.77. The van der Waals surface area contributed by atoms with Gasteiger partial charge in [0.2, 0.25) is 11.8 Å². The number of rotatable bonds is 12. The lowest BCUT2D eigenvalue weighted by molar-refractivity contribution is -0.384. The first-order valence-electron chi connectivity index (χ1n) is 11.9. The van der Waals surface area contributed by atoms with E-state index >= 15 is 0 Å². The van der Waals surface area contributed by atoms with Crippen LogP contribution in [0.25, 0.3) is 6.08 Å². The van der Waals surface area contributed by atoms with Crippen LogP contribution in [0.4, 0.5) is 5.69 Å². The van der Waals surface area contributed by atoms with Crippen molar-refractivity contribution in [3.63, 3.8) is 0 Å². The molecule has 1 aromatic heterocycles. The van der Waals surface area contributed by atoms with E-state index in [1.807, 2.05) is 47.8 Å². The Morgan fingerprint density at radius 2 is 1.72 bits per heavy atom. The third-order valence-corrected chi connectivity index (χ3v) is 6.75. The zero-order valence-electron chi connectivity index (χ0n) is 20.6. The highest BCUT2D eigenvalue weighted by atomic mass is 32.1. The number of benzene rings is 2. The summed E-state index contributed by atoms with van der Waals surface area (Å²) in [5, 5.41) is 12.9. The number of hydrogen-bond acceptors (Lipinski definition) is 5. The number of non-ortho nitro benzene ring substituents is 1. The predicted molar refractivity (Wildman–Crippen MR) is 143 cm³/mol. The minimum Gasteiger partial charge on any atom is -0.332 e. The molecule has 8 heteroatoms. The minimum absolute atomic E-state index is 0.00767. The maximum atomic E-state index is 13.5. The van der Waals surface area contributed by atoms with Crippen molar-refractivity contribution in [2.45, 2.75) is 33.4 Å². The van der Waals surface area contributed by atoms with Gasteiger partial charge in [0, 0.05) is 36.2 Å². The Kier molecular flexibility index (Phi) is 9.94. The quantitative estimate of drug-likeness (QED) is 0.178. The second kappa shape index (κ2) is 13.3. The van der Waals surface area contributed by atoms with Gasteiger partial charge in [-0.2, -0.15) is 0 Å². The van der Waals surface area contributed by atoms with E-state index in [2.05, 4.69) is 13.8 Å². The van der Waals surface area contributed by atoms with Crippen molar-refractivity contribution in [3.8, 4) is 0 Å². The van der Waals surface area contributed by atoms with E-state index in [1.165, 1.54) is 18.2 Å². The first kappa shape index (κ1) is 26.8. The molecule has 3 rings (SSSR count). The molecule has 36 heavy (non-hydrogen) atoms. The zero-order valence-corrected chi connectivity index (χ0v) is 21.4. The minimum atomic E-state index is -0.463. The SMILES string of the molecule is CCC(C)CN(CC(=O)N(Cc1ccccc1)Cc1cccs1)C(=O)C=Cc1ccc([N+](=O)[O-])cc1. The van der Waals surface area contributed by atoms with Crippen LogP contribution < -0.4 is 0 Å². The van der Waals surface area contributed by atoms with E-state index in [0.29, 0.717) is 25.2 Å². The molecule has 1 unspecified atom stereocenters. The van der Waals surface area contributed by atoms with E-state index in [1.54, 1.807) is 39.3 Å². The number of hydrogen-bond donors (Lipinski definition) is 0. The molecule has 0 N–H and O–H groups in total. The highest BCUT2D eigenvalue weighted by Crippen LogP contribution is 2.17. The van der Waals surface area contributed by atoms with Gasteiger partial charge in [-0.25, -0.2) is 0 Å². The molecule has 0 spiro atoms. The monoisotopic (exact) mass is 505 g/mol. The van der Waals surface area contributed by atoms with Crippen LogP contribution in [0.1, 0.15) is 36.3 Å². The van der Waals surface area contributed by atoms with Gasteiger partial charge < -0.3 is 9.80 Å². The zero-order chi connectivity index (χ0) is 25.9. The Hall–Kier alpha value is -3.78. The Morgan fingerprint density at radius 3 is 2.33 bits per heavy atom. The lowest BCUT2D eigenvalue weighted by Gasteiger charge is -2.28. The Morgan fingerprint density at radius 1 is 1.00 bits per heavy atom. The van der Waals surface area contributed by atoms with Crippen molar-refractivity contribution in [3.05, 3.63) is 104 Å². The highest BCUT2D eigenvalue weighted by molar-refractivity contribution is 7.09. The maximum absolute atomic E-state index is 13.5. The van der Waals surface area contributed by atoms with E-state index in [9.17, 15) is 19.7 Å². The van der Waals surface area contributed by atoms with Crippen LogP contribution >= 0.6 is 11.3 Å². The van der Waals surface area contributed by atoms with Gasteiger partial charge in [0.15, 0.2) is 0 Å². The molecule has 0 aliphatic rings. The number of amides is 2. The second-order valence-electron chi connectivity index (χ2n) is 8.73. The van der Waals surface area contributed by atoms with E-state index < -0.39 is 4.92 Å². The summed E-state index contributed by atoms with van der Waals surface area (Å²) < 4.78 is 0. The molecule has 0 aliphatic heterocycles. The molecule has 0 fully saturated rings. The first-order chi connectivity index (χ1) is 17.4. The summed E-state index contributed by atoms with van der Waals surface area (Å²) in [4.78, 5) is 41.5. The summed E-state index contributed by atoms with van der Waals surface area (Å²) in [6.45, 7) is 5.49. The van der Waals surface area contributed by atoms with Crippen LogP contribution in [0, 0.1) is 16.0 Å². The fourth-order valence-electron chi connectivity index (χ4n) is 3.61. The molecular weight excluding hydrogens is 474 g/mol. The number of carbonyl (C=O) groups is 2. The Bertz CT molecular complexity index is 1160. The van der Waals surface area contributed by atoms with Gasteiger partial charge in [-0.3, -0.25) is 19.7 Å². The Labute approximate surface area is 215 Å². The summed E-state index contributed by atoms with van der Waals surface area (Å²) in [6.07, 6.45) is 3.93. The summed E-state index contributed by atoms with van der Waals surface area (Å²) in [5.74, 6) is -0.153. The molecule has 0 saturated heterocycles. The fraction of sp³-hybridized carbons (Fsp3) is 0.286. The van der Waals surface area contributed by atoms with Gasteiger partial charge in [0.25, 0.3) is 5.69 Å². The van der Waals surface area contributed by atoms with Crippen LogP contribution in [0.2, 0.25) is 0 Å². The van der Waals surface area contributed by atoms with Crippen molar-refractivity contribution in [2.75, 3.05) is 13.1 Å². The third-order valence-electron chi connectivity index (χ3n) is 5.88. The van der Waals surface area contributed by atoms with Gasteiger partial charge in [-0.1, -0.05) is 56.7 Å². The lowest BCUT2D eigenvalue weighted by atomic mass is 10.1. The first-order valence-corrected chi connectivity index (χ1v) is 12.8. The van der Waals surface area contributed by atoms with Crippen molar-refractivity contribution in [1.29, 1.82) is 0 Å². The van der Waals surface area contributed by atoms with Crippen molar-refractivity contribution in [1.82, 2.24) is 9.80 Å². The molecule has 1 heterocycles. The number of nitro benzene ring substituents is 1. The highest BCUT2D eigenvalue weighted by Gasteiger charge is 2.22. The summed E-state index contributed by atoms with van der Waals surface area (Å²) >= 11 is 1.60. The molecule has 0 aliphatic carbocycles. The van der Waals surface area contributed by atoms with Crippen LogP contribution in [0.3, 0.4) is 0 Å². The molecule has 2 aromatic carbocycles. The third kappa shape index (κ3) is 8.16. The molecule has 0 saturated carbocycles. The number of carbonyl (C=O) groups excluding carboxylic acids is 2. The summed E-state index contributed by atoms with van der Waals surface area (Å²) in [7, 11) is 0. The van der Waals surface area contributed by atoms with Crippen LogP contribution in [0.15, 0.2) is 78.2 Å². The molecule has 0 radical (unpaired) electrons. The second-order valence-corrected chi connectivity index (χ2v) is 9.76. The van der Waals surface area contributed by atoms with Crippen molar-refractivity contribution < 1.29 is 14.5 Å². The largest absolute Gasteiger partial charge is 0.332 e. The van der Waals surface area contributed by atoms with Gasteiger partial charge >= 0.3 is 0 Å². The average molecular weight is 506 g/mol. The van der Waals surface area contributed by atoms with Crippen molar-refractivity contribution in [2.24, 2.45) is 5.92 Å². The van der Waals surface area contributed by atoms with Gasteiger partial charge in [-0.05, 0) is 46.7 Å². The maximum Gasteiger partial charge on any atom is 0.269 e. The van der Waals surface area contributed by atoms with E-state index in [-0.39, 0.29) is 30.0 Å². The smallest absolute Gasteiger partial charge is 0.269 e. The lowest BCUT2D eigenvalue weighted by Crippen LogP contribution is -2.43. The molecule has 2 amide bonds. The summed E-state index contributed by atoms with van der Waals surface area (Å²) in [5.41, 5.74) is 1.69. The standard InChI is InChI=1S/C28H31N3O4S/c1-3-22(2)18-29(27(32)16-13-23-11-14-25(15-12-23)31(34)35)21-28(33)30(20-26-10-7-17-36-26)19-24-8-5-4-6-9-24/h4-17,22H,3,18-21H2,1-2H3. The number of thiophene rings is 1. The Balaban J connectivity index is 1.76. The number of nitrogens with zero attached hydrogens (tertiary/aromatic N) is 3. The van der Waals surface area contributed by atoms with Crippen LogP contribution in [0.5, 0.6) is 0 Å². The van der Waals surface area contributed by atoms with E-state index in [0.717, 1.165) is 16.9 Å². The molecule has 188 valence electrons. The van der Waals surface area contributed by atoms with Gasteiger partial charge in [0.05, 0.1) is 11.5 Å². The summed E-state index contributed by atoms with van der Waals surface area (Å²) in [6, 6.07) is 19.8. The average Bonchev–Trinajstić information content (AvgIpc) is 3.40. The van der Waals surface area contributed by atoms with Gasteiger partial charge in [0.1, 0.15) is 6.54 Å². The fourth-order valence-corrected chi connectivity index (χ4v) is 4.33. The molecular formula is C28H31N3O4S. The van der Waals surface area contributed by atoms with E-state index in [4.69, 9.17) is 0 Å². The van der Waals surface area contributed by atoms with Crippen molar-refractivity contribution >= 4 is 34.9 Å². The molecule has 0 bridgehead atoms. The molecule has 7 nitrogen and oxygen atoms in total. The normalized spacial score (nSPS) is 11.8. The van der Waals surface area contributed by atoms with Gasteiger partial charge in [-0.15, -0.1) is 11.3 Å². The molecule has 3 aromatic rings. The molecule has 1 atom stereocenters. The topological polar surface area (TPSA) is 83.8 Å².